The van der Waals surface area contributed by atoms with Crippen LogP contribution in [-0.2, 0) is 30.4 Å². The molecule has 2 unspecified atom stereocenters. The van der Waals surface area contributed by atoms with Crippen LogP contribution in [0.5, 0.6) is 0 Å². The maximum Gasteiger partial charge on any atom is 0.271 e. The van der Waals surface area contributed by atoms with Gasteiger partial charge in [-0.15, -0.1) is 22.7 Å². The molecule has 2 aliphatic heterocycles. The van der Waals surface area contributed by atoms with Crippen LogP contribution in [0.25, 0.3) is 0 Å². The lowest BCUT2D eigenvalue weighted by Gasteiger charge is -2.31. The second-order valence-corrected chi connectivity index (χ2v) is 20.0. The SMILES string of the molecule is CSCC[C@@H]1NC(=O)[C@H](CC(C)C)NC(=O)[C@H](C(C)C)NC(=O)[C@H](CC(C)C)NC(=O)CNC(=O)c2csc(n2)C(Cc2ccccc2)NC(=O)c2csc(n2)C2CCCN2C1=O. The van der Waals surface area contributed by atoms with Crippen molar-refractivity contribution >= 4 is 75.8 Å². The van der Waals surface area contributed by atoms with Gasteiger partial charge in [0.25, 0.3) is 11.8 Å². The molecule has 4 bridgehead atoms. The third-order valence-electron chi connectivity index (χ3n) is 10.8. The lowest BCUT2D eigenvalue weighted by atomic mass is 9.98. The summed E-state index contributed by atoms with van der Waals surface area (Å²) in [5, 5.41) is 21.3. The summed E-state index contributed by atoms with van der Waals surface area (Å²) in [7, 11) is 0. The van der Waals surface area contributed by atoms with Crippen molar-refractivity contribution in [3.8, 4) is 0 Å². The zero-order chi connectivity index (χ0) is 45.8. The van der Waals surface area contributed by atoms with Gasteiger partial charge in [0, 0.05) is 17.3 Å². The van der Waals surface area contributed by atoms with Gasteiger partial charge in [-0.05, 0) is 73.9 Å². The quantitative estimate of drug-likeness (QED) is 0.171. The highest BCUT2D eigenvalue weighted by atomic mass is 32.2. The summed E-state index contributed by atoms with van der Waals surface area (Å²) in [4.78, 5) is 108. The van der Waals surface area contributed by atoms with Crippen LogP contribution < -0.4 is 31.9 Å². The van der Waals surface area contributed by atoms with Crippen molar-refractivity contribution in [1.29, 1.82) is 0 Å². The smallest absolute Gasteiger partial charge is 0.271 e. The number of carbonyl (C=O) groups excluding carboxylic acids is 7. The molecule has 2 aliphatic rings. The van der Waals surface area contributed by atoms with E-state index < -0.39 is 84.2 Å². The number of hydrogen-bond acceptors (Lipinski definition) is 12. The van der Waals surface area contributed by atoms with Crippen molar-refractivity contribution < 1.29 is 33.6 Å². The number of thioether (sulfide) groups is 1. The van der Waals surface area contributed by atoms with Gasteiger partial charge in [-0.3, -0.25) is 33.6 Å². The summed E-state index contributed by atoms with van der Waals surface area (Å²) in [6.45, 7) is 11.1. The normalized spacial score (nSPS) is 23.7. The Morgan fingerprint density at radius 2 is 1.32 bits per heavy atom. The zero-order valence-corrected chi connectivity index (χ0v) is 39.5. The number of fused-ring (bicyclic) bond motifs is 6. The van der Waals surface area contributed by atoms with Crippen LogP contribution in [0.1, 0.15) is 122 Å². The minimum absolute atomic E-state index is 0.0189. The Kier molecular flexibility index (Phi) is 18.1. The van der Waals surface area contributed by atoms with Crippen LogP contribution in [0, 0.1) is 17.8 Å². The first-order valence-electron chi connectivity index (χ1n) is 21.6. The molecule has 0 spiro atoms. The molecule has 7 amide bonds. The topological polar surface area (TPSA) is 221 Å². The summed E-state index contributed by atoms with van der Waals surface area (Å²) in [6.07, 6.45) is 4.47. The molecule has 1 fully saturated rings. The fourth-order valence-corrected chi connectivity index (χ4v) is 9.85. The third kappa shape index (κ3) is 13.8. The van der Waals surface area contributed by atoms with Crippen LogP contribution in [0.2, 0.25) is 0 Å². The Labute approximate surface area is 381 Å². The van der Waals surface area contributed by atoms with E-state index in [0.717, 1.165) is 5.56 Å². The Balaban J connectivity index is 1.50. The summed E-state index contributed by atoms with van der Waals surface area (Å²) >= 11 is 4.02. The summed E-state index contributed by atoms with van der Waals surface area (Å²) in [6, 6.07) is 4.46. The van der Waals surface area contributed by atoms with Gasteiger partial charge in [0.05, 0.1) is 18.6 Å². The Morgan fingerprint density at radius 3 is 1.97 bits per heavy atom. The average molecular weight is 924 g/mol. The van der Waals surface area contributed by atoms with Gasteiger partial charge in [-0.2, -0.15) is 11.8 Å². The van der Waals surface area contributed by atoms with E-state index in [1.165, 1.54) is 22.7 Å². The molecule has 0 aliphatic carbocycles. The van der Waals surface area contributed by atoms with Crippen LogP contribution >= 0.6 is 34.4 Å². The van der Waals surface area contributed by atoms with E-state index in [2.05, 4.69) is 36.9 Å². The van der Waals surface area contributed by atoms with Gasteiger partial charge in [0.15, 0.2) is 0 Å². The standard InChI is InChI=1S/C44H61N9O7S3/c1-24(2)18-29-39(57)52-36(26(5)6)41(59)48-30(19-25(3)4)38(56)47-28(15-17-61-7)44(60)53-16-11-14-34(53)43-51-33(23-63-43)40(58)49-31(20-27-12-9-8-10-13-27)42-50-32(22-62-42)37(55)45-21-35(54)46-29/h8-10,12-13,22-26,28-31,34,36H,11,14-21H2,1-7H3,(H,45,55)(H,46,54)(H,47,56)(H,48,59)(H,49,58)(H,52,57)/t28-,29-,30-,31?,34?,36-/m0/s1. The number of aromatic nitrogens is 2. The molecule has 63 heavy (non-hydrogen) atoms. The summed E-state index contributed by atoms with van der Waals surface area (Å²) in [5.41, 5.74) is 1.15. The van der Waals surface area contributed by atoms with Crippen molar-refractivity contribution in [2.45, 2.75) is 116 Å². The molecule has 1 aromatic carbocycles. The van der Waals surface area contributed by atoms with E-state index >= 15 is 0 Å². The van der Waals surface area contributed by atoms with Gasteiger partial charge >= 0.3 is 0 Å². The van der Waals surface area contributed by atoms with Gasteiger partial charge in [0.2, 0.25) is 29.5 Å². The van der Waals surface area contributed by atoms with Crippen molar-refractivity contribution in [1.82, 2.24) is 46.8 Å². The van der Waals surface area contributed by atoms with E-state index in [1.54, 1.807) is 41.3 Å². The van der Waals surface area contributed by atoms with Crippen molar-refractivity contribution in [2.75, 3.05) is 25.1 Å². The summed E-state index contributed by atoms with van der Waals surface area (Å²) < 4.78 is 0. The highest BCUT2D eigenvalue weighted by molar-refractivity contribution is 7.98. The molecule has 16 nitrogen and oxygen atoms in total. The molecular formula is C44H61N9O7S3. The molecule has 19 heteroatoms. The van der Waals surface area contributed by atoms with E-state index in [9.17, 15) is 33.6 Å². The van der Waals surface area contributed by atoms with Crippen molar-refractivity contribution in [2.24, 2.45) is 17.8 Å². The third-order valence-corrected chi connectivity index (χ3v) is 13.3. The lowest BCUT2D eigenvalue weighted by molar-refractivity contribution is -0.138. The van der Waals surface area contributed by atoms with Gasteiger partial charge in [-0.1, -0.05) is 71.9 Å². The molecule has 3 aromatic rings. The maximum atomic E-state index is 14.4. The van der Waals surface area contributed by atoms with Crippen LogP contribution in [0.4, 0.5) is 0 Å². The minimum Gasteiger partial charge on any atom is -0.343 e. The van der Waals surface area contributed by atoms with Crippen LogP contribution in [-0.4, -0.2) is 105 Å². The van der Waals surface area contributed by atoms with Crippen molar-refractivity contribution in [3.05, 3.63) is 68.1 Å². The molecule has 6 N–H and O–H groups in total. The Bertz CT molecular complexity index is 2070. The molecule has 342 valence electrons. The van der Waals surface area contributed by atoms with Gasteiger partial charge in [0.1, 0.15) is 45.6 Å². The predicted molar refractivity (Wildman–Crippen MR) is 245 cm³/mol. The number of thiazole rings is 2. The Hall–Kier alpha value is -4.88. The fourth-order valence-electron chi connectivity index (χ4n) is 7.58. The number of carbonyl (C=O) groups is 7. The molecule has 6 atom stereocenters. The predicted octanol–water partition coefficient (Wildman–Crippen LogP) is 4.16. The van der Waals surface area contributed by atoms with Crippen molar-refractivity contribution in [3.63, 3.8) is 0 Å². The number of nitrogens with zero attached hydrogens (tertiary/aromatic N) is 3. The van der Waals surface area contributed by atoms with Gasteiger partial charge in [-0.25, -0.2) is 9.97 Å². The zero-order valence-electron chi connectivity index (χ0n) is 37.0. The average Bonchev–Trinajstić information content (AvgIpc) is 4.04. The molecule has 0 radical (unpaired) electrons. The largest absolute Gasteiger partial charge is 0.343 e. The Morgan fingerprint density at radius 1 is 0.714 bits per heavy atom. The lowest BCUT2D eigenvalue weighted by Crippen LogP contribution is -2.60. The van der Waals surface area contributed by atoms with E-state index in [0.29, 0.717) is 48.0 Å². The van der Waals surface area contributed by atoms with E-state index in [1.807, 2.05) is 64.3 Å². The summed E-state index contributed by atoms with van der Waals surface area (Å²) in [5.74, 6) is -3.53. The van der Waals surface area contributed by atoms with E-state index in [4.69, 9.17) is 4.98 Å². The monoisotopic (exact) mass is 923 g/mol. The van der Waals surface area contributed by atoms with E-state index in [-0.39, 0.29) is 42.0 Å². The number of nitrogens with one attached hydrogen (secondary N) is 6. The first-order chi connectivity index (χ1) is 30.0. The molecule has 4 heterocycles. The highest BCUT2D eigenvalue weighted by Crippen LogP contribution is 2.35. The molecule has 0 saturated carbocycles. The number of amides is 7. The number of rotatable bonds is 10. The van der Waals surface area contributed by atoms with Crippen LogP contribution in [0.15, 0.2) is 41.1 Å². The second-order valence-electron chi connectivity index (χ2n) is 17.2. The molecule has 2 aromatic heterocycles. The molecule has 5 rings (SSSR count). The number of benzene rings is 1. The highest BCUT2D eigenvalue weighted by Gasteiger charge is 2.38. The molecule has 1 saturated heterocycles. The first kappa shape index (κ1) is 49.1. The first-order valence-corrected chi connectivity index (χ1v) is 24.7. The second kappa shape index (κ2) is 23.2. The fraction of sp³-hybridized carbons (Fsp3) is 0.568. The van der Waals surface area contributed by atoms with Crippen LogP contribution in [0.3, 0.4) is 0 Å². The molecular weight excluding hydrogens is 863 g/mol. The number of hydrogen-bond donors (Lipinski definition) is 6. The maximum absolute atomic E-state index is 14.4. The minimum atomic E-state index is -1.07. The van der Waals surface area contributed by atoms with Gasteiger partial charge < -0.3 is 36.8 Å².